The summed E-state index contributed by atoms with van der Waals surface area (Å²) in [5.41, 5.74) is 0. The lowest BCUT2D eigenvalue weighted by atomic mass is 10.1. The van der Waals surface area contributed by atoms with Crippen LogP contribution in [-0.4, -0.2) is 249 Å². The molecule has 0 unspecified atom stereocenters. The van der Waals surface area contributed by atoms with Crippen LogP contribution in [0.2, 0.25) is 0 Å². The summed E-state index contributed by atoms with van der Waals surface area (Å²) in [6.45, 7) is 25.8. The predicted molar refractivity (Wildman–Crippen MR) is 495 cm³/mol. The largest absolute Gasteiger partial charge is 0.469 e. The molecule has 0 aliphatic carbocycles. The van der Waals surface area contributed by atoms with E-state index in [1.807, 2.05) is 0 Å². The van der Waals surface area contributed by atoms with Crippen LogP contribution < -0.4 is 0 Å². The molecule has 0 atom stereocenters. The van der Waals surface area contributed by atoms with E-state index in [0.29, 0.717) is 91.9 Å². The van der Waals surface area contributed by atoms with Crippen molar-refractivity contribution in [3.63, 3.8) is 0 Å². The standard InChI is InChI=1S/C99H195N7O12/c1-10-15-20-25-30-35-40-45-50-55-60-89-114-95(108)66-72-103(71-65-94(107)113-9)83-77-100(6)80-86-106(87-81-101(7)78-84-104(73-67-96(109)115-90-61-56-51-46-41-36-31-26-21-16-11-2)74-68-97(110)116-91-62-57-52-47-42-37-32-27-22-17-12-3)88-82-102(8)79-85-105(75-69-98(111)117-92-63-58-53-48-43-38-33-28-23-18-13-4)76-70-99(112)118-93-64-59-54-49-44-39-34-29-24-19-14-5/h10-93H2,1-9H3. The SMILES string of the molecule is CCCCCCCCCCCCCOC(=O)CCN(CCC(=O)OC)CCN(C)CCN(CCN(C)CCN(CCC(=O)OCCCCCCCCCCCCC)CCC(=O)OCCCCCCCCCCCCC)CCN(C)CCN(CCC(=O)OCCCCCCCCCCCCC)CCC(=O)OCCCCCCCCCCCCC. The Morgan fingerprint density at radius 1 is 0.169 bits per heavy atom. The van der Waals surface area contributed by atoms with E-state index < -0.39 is 0 Å². The predicted octanol–water partition coefficient (Wildman–Crippen LogP) is 22.8. The monoisotopic (exact) mass is 1670 g/mol. The van der Waals surface area contributed by atoms with Gasteiger partial charge in [-0.15, -0.1) is 0 Å². The maximum Gasteiger partial charge on any atom is 0.307 e. The number of hydrogen-bond acceptors (Lipinski definition) is 19. The van der Waals surface area contributed by atoms with E-state index in [9.17, 15) is 28.8 Å². The second kappa shape index (κ2) is 91.2. The Kier molecular flexibility index (Phi) is 88.6. The maximum atomic E-state index is 13.3. The van der Waals surface area contributed by atoms with Crippen molar-refractivity contribution >= 4 is 35.8 Å². The van der Waals surface area contributed by atoms with E-state index in [1.54, 1.807) is 0 Å². The van der Waals surface area contributed by atoms with Gasteiger partial charge in [0.05, 0.1) is 78.7 Å². The van der Waals surface area contributed by atoms with Crippen LogP contribution in [0, 0.1) is 0 Å². The number of unbranched alkanes of at least 4 members (excludes halogenated alkanes) is 50. The van der Waals surface area contributed by atoms with Crippen LogP contribution in [0.4, 0.5) is 0 Å². The molecule has 0 amide bonds. The van der Waals surface area contributed by atoms with Gasteiger partial charge in [-0.1, -0.05) is 356 Å². The van der Waals surface area contributed by atoms with Gasteiger partial charge >= 0.3 is 35.8 Å². The number of hydrogen-bond donors (Lipinski definition) is 0. The van der Waals surface area contributed by atoms with Crippen molar-refractivity contribution in [1.29, 1.82) is 0 Å². The van der Waals surface area contributed by atoms with E-state index in [0.717, 1.165) is 123 Å². The quantitative estimate of drug-likeness (QED) is 0.0318. The van der Waals surface area contributed by atoms with Crippen molar-refractivity contribution in [2.45, 2.75) is 426 Å². The van der Waals surface area contributed by atoms with E-state index in [-0.39, 0.29) is 74.3 Å². The van der Waals surface area contributed by atoms with Gasteiger partial charge in [-0.05, 0) is 53.2 Å². The number of ether oxygens (including phenoxy) is 6. The Hall–Kier alpha value is -3.46. The van der Waals surface area contributed by atoms with Crippen LogP contribution in [0.15, 0.2) is 0 Å². The number of likely N-dealkylation sites (N-methyl/N-ethyl adjacent to an activating group) is 3. The van der Waals surface area contributed by atoms with Crippen molar-refractivity contribution in [3.05, 3.63) is 0 Å². The third-order valence-electron chi connectivity index (χ3n) is 23.9. The Bertz CT molecular complexity index is 1990. The third-order valence-corrected chi connectivity index (χ3v) is 23.9. The smallest absolute Gasteiger partial charge is 0.307 e. The highest BCUT2D eigenvalue weighted by molar-refractivity contribution is 5.71. The van der Waals surface area contributed by atoms with Gasteiger partial charge in [0.1, 0.15) is 0 Å². The van der Waals surface area contributed by atoms with Crippen LogP contribution in [-0.2, 0) is 57.2 Å². The van der Waals surface area contributed by atoms with E-state index in [2.05, 4.69) is 90.1 Å². The minimum Gasteiger partial charge on any atom is -0.469 e. The van der Waals surface area contributed by atoms with Crippen LogP contribution in [0.1, 0.15) is 426 Å². The molecule has 0 radical (unpaired) electrons. The first-order valence-corrected chi connectivity index (χ1v) is 50.5. The van der Waals surface area contributed by atoms with Crippen molar-refractivity contribution < 1.29 is 57.2 Å². The van der Waals surface area contributed by atoms with Crippen molar-refractivity contribution in [2.24, 2.45) is 0 Å². The molecule has 0 aromatic carbocycles. The zero-order chi connectivity index (χ0) is 86.1. The maximum absolute atomic E-state index is 13.3. The fraction of sp³-hybridized carbons (Fsp3) is 0.939. The molecule has 0 fully saturated rings. The fourth-order valence-electron chi connectivity index (χ4n) is 15.3. The highest BCUT2D eigenvalue weighted by Gasteiger charge is 2.20. The summed E-state index contributed by atoms with van der Waals surface area (Å²) in [6.07, 6.45) is 69.8. The highest BCUT2D eigenvalue weighted by atomic mass is 16.5. The zero-order valence-electron chi connectivity index (χ0n) is 79.4. The molecular weight excluding hydrogens is 1480 g/mol. The first kappa shape index (κ1) is 115. The Balaban J connectivity index is 6.31. The number of nitrogens with zero attached hydrogens (tertiary/aromatic N) is 7. The summed E-state index contributed by atoms with van der Waals surface area (Å²) in [7, 11) is 7.88. The van der Waals surface area contributed by atoms with Gasteiger partial charge in [-0.25, -0.2) is 0 Å². The second-order valence-corrected chi connectivity index (χ2v) is 35.1. The minimum atomic E-state index is -0.270. The van der Waals surface area contributed by atoms with Gasteiger partial charge in [0.25, 0.3) is 0 Å². The summed E-state index contributed by atoms with van der Waals surface area (Å²) < 4.78 is 33.9. The first-order chi connectivity index (χ1) is 57.7. The summed E-state index contributed by atoms with van der Waals surface area (Å²) >= 11 is 0. The molecule has 0 spiro atoms. The highest BCUT2D eigenvalue weighted by Crippen LogP contribution is 2.18. The molecular formula is C99H195N7O12. The molecule has 19 heteroatoms. The molecule has 19 nitrogen and oxygen atoms in total. The molecule has 698 valence electrons. The van der Waals surface area contributed by atoms with Gasteiger partial charge in [-0.2, -0.15) is 0 Å². The lowest BCUT2D eigenvalue weighted by molar-refractivity contribution is -0.146. The second-order valence-electron chi connectivity index (χ2n) is 35.1. The molecule has 0 rings (SSSR count). The van der Waals surface area contributed by atoms with Crippen molar-refractivity contribution in [3.8, 4) is 0 Å². The van der Waals surface area contributed by atoms with Crippen LogP contribution in [0.5, 0.6) is 0 Å². The van der Waals surface area contributed by atoms with Crippen LogP contribution in [0.3, 0.4) is 0 Å². The van der Waals surface area contributed by atoms with Gasteiger partial charge < -0.3 is 57.8 Å². The molecule has 0 aromatic heterocycles. The van der Waals surface area contributed by atoms with E-state index >= 15 is 0 Å². The normalized spacial score (nSPS) is 11.8. The van der Waals surface area contributed by atoms with Gasteiger partial charge in [0.2, 0.25) is 0 Å². The lowest BCUT2D eigenvalue weighted by Gasteiger charge is -2.31. The Morgan fingerprint density at radius 3 is 0.441 bits per heavy atom. The molecule has 0 aliphatic heterocycles. The van der Waals surface area contributed by atoms with E-state index in [1.165, 1.54) is 296 Å². The topological polar surface area (TPSA) is 180 Å². The van der Waals surface area contributed by atoms with Crippen LogP contribution in [0.25, 0.3) is 0 Å². The van der Waals surface area contributed by atoms with Gasteiger partial charge in [0, 0.05) is 118 Å². The number of carbonyl (C=O) groups is 6. The summed E-state index contributed by atoms with van der Waals surface area (Å²) in [5.74, 6) is -1.20. The zero-order valence-corrected chi connectivity index (χ0v) is 79.4. The molecule has 0 aromatic rings. The Labute approximate surface area is 728 Å². The van der Waals surface area contributed by atoms with Crippen LogP contribution >= 0.6 is 0 Å². The lowest BCUT2D eigenvalue weighted by Crippen LogP contribution is -2.44. The number of rotatable bonds is 96. The minimum absolute atomic E-state index is 0.184. The first-order valence-electron chi connectivity index (χ1n) is 50.5. The van der Waals surface area contributed by atoms with Crippen molar-refractivity contribution in [2.75, 3.05) is 179 Å². The van der Waals surface area contributed by atoms with E-state index in [4.69, 9.17) is 28.4 Å². The number of esters is 6. The molecule has 0 saturated heterocycles. The third kappa shape index (κ3) is 84.7. The molecule has 0 N–H and O–H groups in total. The Morgan fingerprint density at radius 2 is 0.297 bits per heavy atom. The number of carbonyl (C=O) groups excluding carboxylic acids is 6. The summed E-state index contributed by atoms with van der Waals surface area (Å²) in [5, 5.41) is 0. The number of methoxy groups -OCH3 is 1. The molecule has 0 saturated carbocycles. The molecule has 0 bridgehead atoms. The summed E-state index contributed by atoms with van der Waals surface area (Å²) in [6, 6.07) is 0. The molecule has 118 heavy (non-hydrogen) atoms. The fourth-order valence-corrected chi connectivity index (χ4v) is 15.3. The average Bonchev–Trinajstić information content (AvgIpc) is 0.947. The summed E-state index contributed by atoms with van der Waals surface area (Å²) in [4.78, 5) is 94.8. The van der Waals surface area contributed by atoms with Crippen molar-refractivity contribution in [1.82, 2.24) is 34.3 Å². The van der Waals surface area contributed by atoms with Gasteiger partial charge in [0.15, 0.2) is 0 Å². The molecule has 0 aliphatic rings. The molecule has 0 heterocycles. The average molecular weight is 1680 g/mol. The van der Waals surface area contributed by atoms with Gasteiger partial charge in [-0.3, -0.25) is 33.7 Å².